The zero-order valence-corrected chi connectivity index (χ0v) is 10.1. The molecule has 1 rings (SSSR count). The van der Waals surface area contributed by atoms with Crippen LogP contribution < -0.4 is 10.0 Å². The summed E-state index contributed by atoms with van der Waals surface area (Å²) in [4.78, 5) is 13.0. The summed E-state index contributed by atoms with van der Waals surface area (Å²) >= 11 is 0. The average Bonchev–Trinajstić information content (AvgIpc) is 2.60. The Morgan fingerprint density at radius 2 is 2.00 bits per heavy atom. The van der Waals surface area contributed by atoms with Crippen LogP contribution in [0.4, 0.5) is 13.2 Å². The fraction of sp³-hybridized carbons (Fsp3) is 0.900. The van der Waals surface area contributed by atoms with E-state index in [0.29, 0.717) is 0 Å². The Bertz CT molecular complexity index is 234. The summed E-state index contributed by atoms with van der Waals surface area (Å²) in [5, 5.41) is 8.78. The van der Waals surface area contributed by atoms with E-state index < -0.39 is 12.1 Å². The molecule has 0 bridgehead atoms. The molecule has 1 fully saturated rings. The van der Waals surface area contributed by atoms with Gasteiger partial charge in [0.05, 0.1) is 19.6 Å². The molecule has 1 unspecified atom stereocenters. The third-order valence-corrected chi connectivity index (χ3v) is 2.46. The van der Waals surface area contributed by atoms with Crippen LogP contribution in [0, 0.1) is 0 Å². The molecule has 0 aliphatic carbocycles. The number of quaternary nitrogens is 1. The van der Waals surface area contributed by atoms with Crippen molar-refractivity contribution < 1.29 is 28.0 Å². The molecule has 1 heterocycles. The zero-order chi connectivity index (χ0) is 13.5. The Hall–Kier alpha value is -0.820. The maximum atomic E-state index is 10.5. The molecule has 7 heteroatoms. The van der Waals surface area contributed by atoms with Crippen LogP contribution in [0.2, 0.25) is 0 Å². The average molecular weight is 256 g/mol. The number of alkyl halides is 3. The van der Waals surface area contributed by atoms with Crippen molar-refractivity contribution >= 4 is 5.97 Å². The molecule has 4 nitrogen and oxygen atoms in total. The van der Waals surface area contributed by atoms with Crippen molar-refractivity contribution in [1.29, 1.82) is 0 Å². The molecule has 0 amide bonds. The largest absolute Gasteiger partial charge is 0.542 e. The van der Waals surface area contributed by atoms with Gasteiger partial charge in [0.1, 0.15) is 12.6 Å². The molecule has 0 aromatic rings. The minimum Gasteiger partial charge on any atom is -0.542 e. The number of carboxylic acid groups (broad SMARTS) is 1. The normalized spacial score (nSPS) is 20.9. The first kappa shape index (κ1) is 16.2. The second-order valence-corrected chi connectivity index (χ2v) is 4.13. The molecule has 0 aromatic heterocycles. The monoisotopic (exact) mass is 256 g/mol. The van der Waals surface area contributed by atoms with Gasteiger partial charge >= 0.3 is 6.18 Å². The summed E-state index contributed by atoms with van der Waals surface area (Å²) in [7, 11) is 2.21. The van der Waals surface area contributed by atoms with Crippen LogP contribution in [0.25, 0.3) is 0 Å². The maximum Gasteiger partial charge on any atom is 0.430 e. The van der Waals surface area contributed by atoms with Gasteiger partial charge in [-0.3, -0.25) is 4.90 Å². The predicted molar refractivity (Wildman–Crippen MR) is 54.2 cm³/mol. The summed E-state index contributed by atoms with van der Waals surface area (Å²) in [6.45, 7) is 7.55. The Kier molecular flexibility index (Phi) is 7.13. The van der Waals surface area contributed by atoms with E-state index >= 15 is 0 Å². The van der Waals surface area contributed by atoms with Gasteiger partial charge in [0, 0.05) is 0 Å². The lowest BCUT2D eigenvalue weighted by Gasteiger charge is -2.10. The first-order valence-corrected chi connectivity index (χ1v) is 5.57. The SMILES string of the molecule is CCCC[NH+]1CCN(C)C1.O=C([O-])C(F)(F)F. The van der Waals surface area contributed by atoms with Crippen molar-refractivity contribution in [2.75, 3.05) is 33.4 Å². The van der Waals surface area contributed by atoms with Crippen LogP contribution in [-0.4, -0.2) is 50.4 Å². The van der Waals surface area contributed by atoms with Gasteiger partial charge in [-0.05, 0) is 13.5 Å². The number of likely N-dealkylation sites (N-methyl/N-ethyl adjacent to an activating group) is 1. The quantitative estimate of drug-likeness (QED) is 0.695. The van der Waals surface area contributed by atoms with Gasteiger partial charge in [-0.25, -0.2) is 0 Å². The van der Waals surface area contributed by atoms with Crippen molar-refractivity contribution in [3.63, 3.8) is 0 Å². The van der Waals surface area contributed by atoms with Crippen LogP contribution in [0.1, 0.15) is 19.8 Å². The number of carbonyl (C=O) groups is 1. The zero-order valence-electron chi connectivity index (χ0n) is 10.1. The van der Waals surface area contributed by atoms with Crippen molar-refractivity contribution in [3.05, 3.63) is 0 Å². The first-order valence-electron chi connectivity index (χ1n) is 5.57. The fourth-order valence-electron chi connectivity index (χ4n) is 1.52. The van der Waals surface area contributed by atoms with E-state index in [1.807, 2.05) is 0 Å². The molecule has 102 valence electrons. The fourth-order valence-corrected chi connectivity index (χ4v) is 1.52. The van der Waals surface area contributed by atoms with Crippen molar-refractivity contribution in [3.8, 4) is 0 Å². The molecule has 1 N–H and O–H groups in total. The minimum atomic E-state index is -5.19. The number of hydrogen-bond acceptors (Lipinski definition) is 3. The standard InChI is InChI=1S/C8H18N2.C2HF3O2/c1-3-4-5-10-7-6-9(2)8-10;3-2(4,5)1(6)7/h3-8H2,1-2H3;(H,6,7). The highest BCUT2D eigenvalue weighted by Crippen LogP contribution is 2.11. The summed E-state index contributed by atoms with van der Waals surface area (Å²) in [6.07, 6.45) is -2.46. The summed E-state index contributed by atoms with van der Waals surface area (Å²) < 4.78 is 31.5. The van der Waals surface area contributed by atoms with E-state index in [1.54, 1.807) is 4.90 Å². The van der Waals surface area contributed by atoms with E-state index in [9.17, 15) is 13.2 Å². The number of unbranched alkanes of at least 4 members (excludes halogenated alkanes) is 1. The van der Waals surface area contributed by atoms with Crippen LogP contribution in [0.5, 0.6) is 0 Å². The number of aliphatic carboxylic acids is 1. The second kappa shape index (κ2) is 7.50. The number of carbonyl (C=O) groups excluding carboxylic acids is 1. The molecular formula is C10H19F3N2O2. The third kappa shape index (κ3) is 7.98. The molecule has 1 atom stereocenters. The van der Waals surface area contributed by atoms with Gasteiger partial charge in [0.25, 0.3) is 0 Å². The molecule has 0 spiro atoms. The Morgan fingerprint density at radius 1 is 1.47 bits per heavy atom. The second-order valence-electron chi connectivity index (χ2n) is 4.13. The summed E-state index contributed by atoms with van der Waals surface area (Å²) in [6, 6.07) is 0. The van der Waals surface area contributed by atoms with Gasteiger partial charge in [-0.15, -0.1) is 0 Å². The number of nitrogens with one attached hydrogen (secondary N) is 1. The molecule has 0 aromatic carbocycles. The van der Waals surface area contributed by atoms with Gasteiger partial charge < -0.3 is 14.8 Å². The predicted octanol–water partition coefficient (Wildman–Crippen LogP) is -1.13. The molecule has 17 heavy (non-hydrogen) atoms. The van der Waals surface area contributed by atoms with Crippen molar-refractivity contribution in [1.82, 2.24) is 4.90 Å². The van der Waals surface area contributed by atoms with Gasteiger partial charge in [-0.1, -0.05) is 13.3 Å². The lowest BCUT2D eigenvalue weighted by Crippen LogP contribution is -3.10. The smallest absolute Gasteiger partial charge is 0.430 e. The topological polar surface area (TPSA) is 47.8 Å². The molecular weight excluding hydrogens is 237 g/mol. The summed E-state index contributed by atoms with van der Waals surface area (Å²) in [5.74, 6) is -3.01. The van der Waals surface area contributed by atoms with E-state index in [4.69, 9.17) is 9.90 Å². The lowest BCUT2D eigenvalue weighted by atomic mass is 10.3. The number of carboxylic acids is 1. The Labute approximate surface area is 99.0 Å². The van der Waals surface area contributed by atoms with Crippen molar-refractivity contribution in [2.45, 2.75) is 25.9 Å². The lowest BCUT2D eigenvalue weighted by molar-refractivity contribution is -0.891. The number of hydrogen-bond donors (Lipinski definition) is 1. The van der Waals surface area contributed by atoms with Crippen molar-refractivity contribution in [2.24, 2.45) is 0 Å². The number of nitrogens with zero attached hydrogens (tertiary/aromatic N) is 1. The molecule has 0 saturated carbocycles. The van der Waals surface area contributed by atoms with Gasteiger partial charge in [0.2, 0.25) is 0 Å². The van der Waals surface area contributed by atoms with Gasteiger partial charge in [-0.2, -0.15) is 13.2 Å². The van der Waals surface area contributed by atoms with E-state index in [2.05, 4.69) is 18.9 Å². The minimum absolute atomic E-state index is 1.26. The van der Waals surface area contributed by atoms with Crippen LogP contribution in [0.15, 0.2) is 0 Å². The summed E-state index contributed by atoms with van der Waals surface area (Å²) in [5.41, 5.74) is 0. The highest BCUT2D eigenvalue weighted by atomic mass is 19.4. The Balaban J connectivity index is 0.000000325. The highest BCUT2D eigenvalue weighted by molar-refractivity contribution is 5.70. The number of halogens is 3. The van der Waals surface area contributed by atoms with Crippen LogP contribution in [-0.2, 0) is 4.79 Å². The first-order chi connectivity index (χ1) is 7.77. The molecule has 1 aliphatic rings. The highest BCUT2D eigenvalue weighted by Gasteiger charge is 2.28. The number of rotatable bonds is 3. The Morgan fingerprint density at radius 3 is 2.29 bits per heavy atom. The van der Waals surface area contributed by atoms with E-state index in [-0.39, 0.29) is 0 Å². The molecule has 0 radical (unpaired) electrons. The van der Waals surface area contributed by atoms with Crippen LogP contribution in [0.3, 0.4) is 0 Å². The van der Waals surface area contributed by atoms with E-state index in [0.717, 1.165) is 0 Å². The third-order valence-electron chi connectivity index (χ3n) is 2.46. The maximum absolute atomic E-state index is 10.5. The van der Waals surface area contributed by atoms with E-state index in [1.165, 1.54) is 39.1 Å². The van der Waals surface area contributed by atoms with Gasteiger partial charge in [0.15, 0.2) is 0 Å². The molecule has 1 aliphatic heterocycles. The van der Waals surface area contributed by atoms with Crippen LogP contribution >= 0.6 is 0 Å². The molecule has 1 saturated heterocycles.